The standard InChI is InChI=1S/C18H22N4/c19-15-8-10-22(11-9-15)16-12-20-18(14-6-7-14)21-17(16)13-4-2-1-3-5-13/h1-5,12,14-15H,6-11,19H2. The molecule has 1 saturated heterocycles. The molecule has 2 N–H and O–H groups in total. The molecule has 0 radical (unpaired) electrons. The summed E-state index contributed by atoms with van der Waals surface area (Å²) >= 11 is 0. The Bertz CT molecular complexity index is 643. The Morgan fingerprint density at radius 3 is 2.41 bits per heavy atom. The second kappa shape index (κ2) is 5.69. The molecule has 4 heteroatoms. The second-order valence-electron chi connectivity index (χ2n) is 6.43. The number of hydrogen-bond donors (Lipinski definition) is 1. The molecular formula is C18H22N4. The van der Waals surface area contributed by atoms with E-state index in [0.717, 1.165) is 43.1 Å². The van der Waals surface area contributed by atoms with Crippen LogP contribution in [0.25, 0.3) is 11.3 Å². The zero-order valence-electron chi connectivity index (χ0n) is 12.8. The monoisotopic (exact) mass is 294 g/mol. The van der Waals surface area contributed by atoms with Gasteiger partial charge in [0.15, 0.2) is 0 Å². The molecular weight excluding hydrogens is 272 g/mol. The molecule has 1 aromatic heterocycles. The van der Waals surface area contributed by atoms with Gasteiger partial charge in [-0.2, -0.15) is 0 Å². The summed E-state index contributed by atoms with van der Waals surface area (Å²) in [6.45, 7) is 1.99. The molecule has 0 bridgehead atoms. The second-order valence-corrected chi connectivity index (χ2v) is 6.43. The van der Waals surface area contributed by atoms with Gasteiger partial charge in [-0.15, -0.1) is 0 Å². The van der Waals surface area contributed by atoms with E-state index >= 15 is 0 Å². The van der Waals surface area contributed by atoms with E-state index < -0.39 is 0 Å². The van der Waals surface area contributed by atoms with Crippen LogP contribution in [0.3, 0.4) is 0 Å². The number of anilines is 1. The van der Waals surface area contributed by atoms with Crippen LogP contribution < -0.4 is 10.6 Å². The predicted octanol–water partition coefficient (Wildman–Crippen LogP) is 2.95. The third-order valence-electron chi connectivity index (χ3n) is 4.66. The van der Waals surface area contributed by atoms with E-state index in [0.29, 0.717) is 12.0 Å². The molecule has 4 nitrogen and oxygen atoms in total. The van der Waals surface area contributed by atoms with Crippen LogP contribution in [-0.4, -0.2) is 29.1 Å². The lowest BCUT2D eigenvalue weighted by atomic mass is 10.0. The average molecular weight is 294 g/mol. The first-order valence-corrected chi connectivity index (χ1v) is 8.24. The van der Waals surface area contributed by atoms with Gasteiger partial charge in [0.1, 0.15) is 5.82 Å². The van der Waals surface area contributed by atoms with Crippen molar-refractivity contribution in [2.75, 3.05) is 18.0 Å². The zero-order chi connectivity index (χ0) is 14.9. The highest BCUT2D eigenvalue weighted by atomic mass is 15.2. The van der Waals surface area contributed by atoms with Crippen molar-refractivity contribution >= 4 is 5.69 Å². The molecule has 0 amide bonds. The molecule has 2 heterocycles. The van der Waals surface area contributed by atoms with E-state index in [1.54, 1.807) is 0 Å². The van der Waals surface area contributed by atoms with Crippen LogP contribution >= 0.6 is 0 Å². The van der Waals surface area contributed by atoms with E-state index in [9.17, 15) is 0 Å². The number of rotatable bonds is 3. The predicted molar refractivity (Wildman–Crippen MR) is 88.9 cm³/mol. The quantitative estimate of drug-likeness (QED) is 0.945. The summed E-state index contributed by atoms with van der Waals surface area (Å²) in [6, 6.07) is 10.8. The van der Waals surface area contributed by atoms with E-state index in [1.165, 1.54) is 18.4 Å². The minimum absolute atomic E-state index is 0.336. The normalized spacial score (nSPS) is 19.4. The number of hydrogen-bond acceptors (Lipinski definition) is 4. The fraction of sp³-hybridized carbons (Fsp3) is 0.444. The highest BCUT2D eigenvalue weighted by molar-refractivity contribution is 5.74. The summed E-state index contributed by atoms with van der Waals surface area (Å²) in [6.07, 6.45) is 6.56. The van der Waals surface area contributed by atoms with Gasteiger partial charge in [0.2, 0.25) is 0 Å². The lowest BCUT2D eigenvalue weighted by molar-refractivity contribution is 0.501. The maximum absolute atomic E-state index is 6.04. The van der Waals surface area contributed by atoms with E-state index in [-0.39, 0.29) is 0 Å². The first-order valence-electron chi connectivity index (χ1n) is 8.24. The molecule has 1 saturated carbocycles. The number of aromatic nitrogens is 2. The maximum atomic E-state index is 6.04. The van der Waals surface area contributed by atoms with Crippen molar-refractivity contribution in [2.45, 2.75) is 37.6 Å². The lowest BCUT2D eigenvalue weighted by Gasteiger charge is -2.32. The van der Waals surface area contributed by atoms with Gasteiger partial charge in [0, 0.05) is 30.6 Å². The smallest absolute Gasteiger partial charge is 0.132 e. The molecule has 1 aromatic carbocycles. The van der Waals surface area contributed by atoms with Crippen LogP contribution in [0.1, 0.15) is 37.4 Å². The molecule has 4 rings (SSSR count). The summed E-state index contributed by atoms with van der Waals surface area (Å²) in [5, 5.41) is 0. The molecule has 2 fully saturated rings. The summed E-state index contributed by atoms with van der Waals surface area (Å²) in [4.78, 5) is 11.9. The SMILES string of the molecule is NC1CCN(c2cnc(C3CC3)nc2-c2ccccc2)CC1. The van der Waals surface area contributed by atoms with Crippen LogP contribution in [0.5, 0.6) is 0 Å². The van der Waals surface area contributed by atoms with Crippen molar-refractivity contribution in [3.63, 3.8) is 0 Å². The van der Waals surface area contributed by atoms with Gasteiger partial charge < -0.3 is 10.6 Å². The van der Waals surface area contributed by atoms with Crippen LogP contribution in [0.4, 0.5) is 5.69 Å². The van der Waals surface area contributed by atoms with Crippen LogP contribution in [0.2, 0.25) is 0 Å². The van der Waals surface area contributed by atoms with Crippen LogP contribution in [0, 0.1) is 0 Å². The summed E-state index contributed by atoms with van der Waals surface area (Å²) in [5.74, 6) is 1.59. The first-order chi connectivity index (χ1) is 10.8. The fourth-order valence-corrected chi connectivity index (χ4v) is 3.11. The lowest BCUT2D eigenvalue weighted by Crippen LogP contribution is -2.40. The van der Waals surface area contributed by atoms with E-state index in [2.05, 4.69) is 34.1 Å². The Kier molecular flexibility index (Phi) is 3.54. The Morgan fingerprint density at radius 2 is 1.73 bits per heavy atom. The summed E-state index contributed by atoms with van der Waals surface area (Å²) in [5.41, 5.74) is 9.45. The minimum Gasteiger partial charge on any atom is -0.368 e. The molecule has 1 aliphatic carbocycles. The Hall–Kier alpha value is -1.94. The molecule has 0 atom stereocenters. The first kappa shape index (κ1) is 13.7. The summed E-state index contributed by atoms with van der Waals surface area (Å²) < 4.78 is 0. The third kappa shape index (κ3) is 2.71. The highest BCUT2D eigenvalue weighted by Gasteiger charge is 2.28. The van der Waals surface area contributed by atoms with Crippen molar-refractivity contribution in [2.24, 2.45) is 5.73 Å². The van der Waals surface area contributed by atoms with Gasteiger partial charge in [-0.3, -0.25) is 0 Å². The Labute approximate surface area is 131 Å². The molecule has 2 aromatic rings. The average Bonchev–Trinajstić information content (AvgIpc) is 3.41. The van der Waals surface area contributed by atoms with Crippen molar-refractivity contribution < 1.29 is 0 Å². The van der Waals surface area contributed by atoms with Crippen molar-refractivity contribution in [3.05, 3.63) is 42.4 Å². The van der Waals surface area contributed by atoms with Gasteiger partial charge in [-0.25, -0.2) is 9.97 Å². The highest BCUT2D eigenvalue weighted by Crippen LogP contribution is 2.40. The molecule has 2 aliphatic rings. The van der Waals surface area contributed by atoms with E-state index in [4.69, 9.17) is 10.7 Å². The van der Waals surface area contributed by atoms with Gasteiger partial charge in [-0.05, 0) is 25.7 Å². The third-order valence-corrected chi connectivity index (χ3v) is 4.66. The number of piperidine rings is 1. The Balaban J connectivity index is 1.73. The molecule has 0 spiro atoms. The number of benzene rings is 1. The van der Waals surface area contributed by atoms with Crippen molar-refractivity contribution in [3.8, 4) is 11.3 Å². The maximum Gasteiger partial charge on any atom is 0.132 e. The van der Waals surface area contributed by atoms with Gasteiger partial charge >= 0.3 is 0 Å². The minimum atomic E-state index is 0.336. The summed E-state index contributed by atoms with van der Waals surface area (Å²) in [7, 11) is 0. The van der Waals surface area contributed by atoms with Gasteiger partial charge in [-0.1, -0.05) is 30.3 Å². The fourth-order valence-electron chi connectivity index (χ4n) is 3.11. The largest absolute Gasteiger partial charge is 0.368 e. The van der Waals surface area contributed by atoms with Crippen molar-refractivity contribution in [1.29, 1.82) is 0 Å². The van der Waals surface area contributed by atoms with Crippen LogP contribution in [-0.2, 0) is 0 Å². The molecule has 114 valence electrons. The molecule has 22 heavy (non-hydrogen) atoms. The van der Waals surface area contributed by atoms with Crippen molar-refractivity contribution in [1.82, 2.24) is 9.97 Å². The van der Waals surface area contributed by atoms with E-state index in [1.807, 2.05) is 12.3 Å². The number of nitrogens with zero attached hydrogens (tertiary/aromatic N) is 3. The number of nitrogens with two attached hydrogens (primary N) is 1. The van der Waals surface area contributed by atoms with Crippen LogP contribution in [0.15, 0.2) is 36.5 Å². The molecule has 0 unspecified atom stereocenters. The van der Waals surface area contributed by atoms with Gasteiger partial charge in [0.25, 0.3) is 0 Å². The van der Waals surface area contributed by atoms with Gasteiger partial charge in [0.05, 0.1) is 17.6 Å². The topological polar surface area (TPSA) is 55.0 Å². The zero-order valence-corrected chi connectivity index (χ0v) is 12.8. The Morgan fingerprint density at radius 1 is 1.00 bits per heavy atom. The molecule has 1 aliphatic heterocycles.